The van der Waals surface area contributed by atoms with Crippen LogP contribution < -0.4 is 10.4 Å². The van der Waals surface area contributed by atoms with Crippen molar-refractivity contribution in [2.75, 3.05) is 13.2 Å². The van der Waals surface area contributed by atoms with Gasteiger partial charge in [0, 0.05) is 0 Å². The van der Waals surface area contributed by atoms with Gasteiger partial charge in [-0.05, 0) is 80.4 Å². The summed E-state index contributed by atoms with van der Waals surface area (Å²) in [6.45, 7) is 11.0. The summed E-state index contributed by atoms with van der Waals surface area (Å²) in [5, 5.41) is 33.8. The number of benzene rings is 4. The van der Waals surface area contributed by atoms with Crippen molar-refractivity contribution in [2.45, 2.75) is 44.8 Å². The molecule has 0 aliphatic rings. The number of phenols is 1. The van der Waals surface area contributed by atoms with Gasteiger partial charge >= 0.3 is 0 Å². The third kappa shape index (κ3) is 8.31. The van der Waals surface area contributed by atoms with Crippen LogP contribution in [0.5, 0.6) is 5.75 Å². The minimum atomic E-state index is -2.82. The van der Waals surface area contributed by atoms with Gasteiger partial charge in [-0.3, -0.25) is 0 Å². The number of aliphatic hydroxyl groups excluding tert-OH is 2. The maximum atomic E-state index is 11.5. The lowest BCUT2D eigenvalue weighted by Gasteiger charge is -2.43. The van der Waals surface area contributed by atoms with Crippen molar-refractivity contribution in [2.24, 2.45) is 0 Å². The van der Waals surface area contributed by atoms with Gasteiger partial charge in [0.25, 0.3) is 8.32 Å². The summed E-state index contributed by atoms with van der Waals surface area (Å²) >= 11 is 6.44. The average Bonchev–Trinajstić information content (AvgIpc) is 3.03. The Balaban J connectivity index is 1.60. The van der Waals surface area contributed by atoms with E-state index >= 15 is 0 Å². The second kappa shape index (κ2) is 15.5. The van der Waals surface area contributed by atoms with Crippen LogP contribution in [0.1, 0.15) is 44.7 Å². The minimum Gasteiger partial charge on any atom is -0.508 e. The minimum absolute atomic E-state index is 0.103. The zero-order chi connectivity index (χ0) is 32.5. The molecule has 3 N–H and O–H groups in total. The van der Waals surface area contributed by atoms with Crippen LogP contribution >= 0.6 is 11.6 Å². The highest BCUT2D eigenvalue weighted by molar-refractivity contribution is 6.99. The lowest BCUT2D eigenvalue weighted by Crippen LogP contribution is -2.66. The maximum absolute atomic E-state index is 11.5. The van der Waals surface area contributed by atoms with Crippen LogP contribution in [0.25, 0.3) is 11.6 Å². The van der Waals surface area contributed by atoms with Gasteiger partial charge in [-0.25, -0.2) is 0 Å². The van der Waals surface area contributed by atoms with Crippen LogP contribution in [0, 0.1) is 0 Å². The molecule has 0 amide bonds. The van der Waals surface area contributed by atoms with Crippen molar-refractivity contribution in [1.29, 1.82) is 0 Å². The zero-order valence-corrected chi connectivity index (χ0v) is 28.0. The molecular formula is C39H43ClO4Si. The molecule has 0 saturated carbocycles. The second-order valence-corrected chi connectivity index (χ2v) is 16.9. The normalized spacial score (nSPS) is 13.5. The predicted molar refractivity (Wildman–Crippen MR) is 191 cm³/mol. The van der Waals surface area contributed by atoms with Gasteiger partial charge < -0.3 is 19.7 Å². The van der Waals surface area contributed by atoms with E-state index in [4.69, 9.17) is 16.0 Å². The lowest BCUT2D eigenvalue weighted by atomic mass is 9.93. The van der Waals surface area contributed by atoms with Crippen LogP contribution in [-0.4, -0.2) is 43.0 Å². The SMILES string of the molecule is C=C(CO[Si](c1ccccc1)(c1ccccc1)C(C)(C)C)/C(=C/CO)C(O)CC/C(=C/c1ccc(O)cc1Cl)c1ccccc1. The number of hydrogen-bond acceptors (Lipinski definition) is 4. The van der Waals surface area contributed by atoms with Crippen molar-refractivity contribution >= 4 is 41.9 Å². The maximum Gasteiger partial charge on any atom is 0.261 e. The molecule has 0 heterocycles. The van der Waals surface area contributed by atoms with Crippen LogP contribution in [0.15, 0.2) is 133 Å². The largest absolute Gasteiger partial charge is 0.508 e. The van der Waals surface area contributed by atoms with E-state index in [2.05, 4.69) is 51.6 Å². The fourth-order valence-corrected chi connectivity index (χ4v) is 10.7. The van der Waals surface area contributed by atoms with E-state index in [1.807, 2.05) is 72.8 Å². The Morgan fingerprint density at radius 2 is 1.44 bits per heavy atom. The molecule has 234 valence electrons. The Bertz CT molecular complexity index is 1570. The number of aromatic hydroxyl groups is 1. The highest BCUT2D eigenvalue weighted by Crippen LogP contribution is 2.37. The molecule has 6 heteroatoms. The van der Waals surface area contributed by atoms with E-state index < -0.39 is 14.4 Å². The lowest BCUT2D eigenvalue weighted by molar-refractivity contribution is 0.199. The molecule has 0 saturated heterocycles. The fourth-order valence-electron chi connectivity index (χ4n) is 5.88. The van der Waals surface area contributed by atoms with E-state index in [1.54, 1.807) is 18.2 Å². The highest BCUT2D eigenvalue weighted by atomic mass is 35.5. The summed E-state index contributed by atoms with van der Waals surface area (Å²) in [6, 6.07) is 35.6. The quantitative estimate of drug-likeness (QED) is 0.0795. The van der Waals surface area contributed by atoms with Gasteiger partial charge in [-0.15, -0.1) is 0 Å². The van der Waals surface area contributed by atoms with Crippen LogP contribution in [-0.2, 0) is 4.43 Å². The predicted octanol–water partition coefficient (Wildman–Crippen LogP) is 7.78. The molecule has 0 bridgehead atoms. The summed E-state index contributed by atoms with van der Waals surface area (Å²) in [4.78, 5) is 0. The molecule has 0 spiro atoms. The molecule has 0 fully saturated rings. The average molecular weight is 639 g/mol. The van der Waals surface area contributed by atoms with E-state index in [0.29, 0.717) is 29.0 Å². The Kier molecular flexibility index (Phi) is 11.8. The monoisotopic (exact) mass is 638 g/mol. The molecular weight excluding hydrogens is 596 g/mol. The number of rotatable bonds is 13. The molecule has 0 radical (unpaired) electrons. The third-order valence-electron chi connectivity index (χ3n) is 8.10. The van der Waals surface area contributed by atoms with Gasteiger partial charge in [-0.2, -0.15) is 0 Å². The van der Waals surface area contributed by atoms with Gasteiger partial charge in [0.05, 0.1) is 24.3 Å². The van der Waals surface area contributed by atoms with Crippen LogP contribution in [0.4, 0.5) is 0 Å². The molecule has 4 aromatic rings. The molecule has 4 aromatic carbocycles. The Hall–Kier alpha value is -3.71. The van der Waals surface area contributed by atoms with Crippen molar-refractivity contribution in [3.05, 3.63) is 149 Å². The molecule has 0 aliphatic heterocycles. The Morgan fingerprint density at radius 3 is 1.96 bits per heavy atom. The smallest absolute Gasteiger partial charge is 0.261 e. The fraction of sp³-hybridized carbons (Fsp3) is 0.231. The van der Waals surface area contributed by atoms with Crippen LogP contribution in [0.2, 0.25) is 10.1 Å². The number of aliphatic hydroxyl groups is 2. The van der Waals surface area contributed by atoms with Crippen molar-refractivity contribution in [1.82, 2.24) is 0 Å². The molecule has 1 atom stereocenters. The van der Waals surface area contributed by atoms with Crippen molar-refractivity contribution in [3.8, 4) is 5.75 Å². The Morgan fingerprint density at radius 1 is 0.889 bits per heavy atom. The van der Waals surface area contributed by atoms with Gasteiger partial charge in [0.15, 0.2) is 0 Å². The highest BCUT2D eigenvalue weighted by Gasteiger charge is 2.50. The number of allylic oxidation sites excluding steroid dienone is 1. The molecule has 0 aliphatic carbocycles. The number of halogens is 1. The van der Waals surface area contributed by atoms with E-state index in [-0.39, 0.29) is 24.0 Å². The van der Waals surface area contributed by atoms with E-state index in [9.17, 15) is 15.3 Å². The molecule has 0 aromatic heterocycles. The number of phenolic OH excluding ortho intramolecular Hbond substituents is 1. The third-order valence-corrected chi connectivity index (χ3v) is 13.4. The zero-order valence-electron chi connectivity index (χ0n) is 26.3. The number of hydrogen-bond donors (Lipinski definition) is 3. The molecule has 4 nitrogen and oxygen atoms in total. The van der Waals surface area contributed by atoms with Gasteiger partial charge in [0.1, 0.15) is 5.75 Å². The molecule has 4 rings (SSSR count). The van der Waals surface area contributed by atoms with Gasteiger partial charge in [-0.1, -0.05) is 136 Å². The first kappa shape index (κ1) is 34.2. The summed E-state index contributed by atoms with van der Waals surface area (Å²) in [5.41, 5.74) is 3.98. The first-order valence-corrected chi connectivity index (χ1v) is 17.5. The standard InChI is InChI=1S/C39H43ClO4Si/c1-29(28-44-45(39(2,3)4,34-16-10-6-11-17-34)35-18-12-7-13-19-35)36(24-25-41)38(43)23-21-31(30-14-8-5-9-15-30)26-32-20-22-33(42)27-37(32)40/h5-20,22,24,26-27,38,41-43H,1,21,23,25,28H2,2-4H3/b31-26-,36-24-. The van der Waals surface area contributed by atoms with Crippen LogP contribution in [0.3, 0.4) is 0 Å². The summed E-state index contributed by atoms with van der Waals surface area (Å²) in [7, 11) is -2.82. The van der Waals surface area contributed by atoms with E-state index in [1.165, 1.54) is 6.07 Å². The van der Waals surface area contributed by atoms with E-state index in [0.717, 1.165) is 27.1 Å². The second-order valence-electron chi connectivity index (χ2n) is 12.2. The Labute approximate surface area is 273 Å². The summed E-state index contributed by atoms with van der Waals surface area (Å²) in [5.74, 6) is 0.103. The topological polar surface area (TPSA) is 69.9 Å². The summed E-state index contributed by atoms with van der Waals surface area (Å²) in [6.07, 6.45) is 3.66. The van der Waals surface area contributed by atoms with Crippen molar-refractivity contribution in [3.63, 3.8) is 0 Å². The summed E-state index contributed by atoms with van der Waals surface area (Å²) < 4.78 is 7.06. The van der Waals surface area contributed by atoms with Crippen molar-refractivity contribution < 1.29 is 19.7 Å². The van der Waals surface area contributed by atoms with Gasteiger partial charge in [0.2, 0.25) is 0 Å². The first-order chi connectivity index (χ1) is 21.6. The first-order valence-electron chi connectivity index (χ1n) is 15.2. The molecule has 1 unspecified atom stereocenters. The molecule has 45 heavy (non-hydrogen) atoms.